The first kappa shape index (κ1) is 36.9. The first-order chi connectivity index (χ1) is 24.7. The van der Waals surface area contributed by atoms with Gasteiger partial charge in [-0.2, -0.15) is 0 Å². The van der Waals surface area contributed by atoms with Crippen molar-refractivity contribution in [2.75, 3.05) is 50.7 Å². The van der Waals surface area contributed by atoms with Crippen molar-refractivity contribution in [1.82, 2.24) is 29.3 Å². The topological polar surface area (TPSA) is 180 Å². The Kier molecular flexibility index (Phi) is 9.53. The van der Waals surface area contributed by atoms with Gasteiger partial charge in [0.05, 0.1) is 25.0 Å². The molecule has 9 atom stereocenters. The number of hydrogen-bond donors (Lipinski definition) is 3. The summed E-state index contributed by atoms with van der Waals surface area (Å²) < 4.78 is 8.15. The third-order valence-corrected chi connectivity index (χ3v) is 14.3. The molecule has 1 amide bonds. The normalized spacial score (nSPS) is 38.2. The number of piperazine rings is 1. The zero-order chi connectivity index (χ0) is 37.2. The lowest BCUT2D eigenvalue weighted by molar-refractivity contribution is -0.252. The van der Waals surface area contributed by atoms with Crippen LogP contribution in [0.3, 0.4) is 0 Å². The van der Waals surface area contributed by atoms with E-state index in [-0.39, 0.29) is 49.0 Å². The van der Waals surface area contributed by atoms with E-state index in [1.165, 1.54) is 6.33 Å². The van der Waals surface area contributed by atoms with Gasteiger partial charge in [0.25, 0.3) is 0 Å². The Bertz CT molecular complexity index is 1730. The molecular formula is C38H56N8O6. The van der Waals surface area contributed by atoms with Crippen molar-refractivity contribution in [3.63, 3.8) is 0 Å². The summed E-state index contributed by atoms with van der Waals surface area (Å²) in [6.45, 7) is 16.2. The molecule has 2 bridgehead atoms. The number of amides is 1. The summed E-state index contributed by atoms with van der Waals surface area (Å²) in [6, 6.07) is 0.103. The molecule has 5 aliphatic rings. The number of nitrogens with zero attached hydrogens (tertiary/aromatic N) is 7. The molecule has 14 nitrogen and oxygen atoms in total. The number of imidazole rings is 1. The van der Waals surface area contributed by atoms with Gasteiger partial charge in [0, 0.05) is 75.0 Å². The van der Waals surface area contributed by atoms with E-state index in [0.29, 0.717) is 76.1 Å². The highest BCUT2D eigenvalue weighted by molar-refractivity contribution is 5.86. The lowest BCUT2D eigenvalue weighted by Crippen LogP contribution is -2.69. The first-order valence-corrected chi connectivity index (χ1v) is 19.1. The molecular weight excluding hydrogens is 664 g/mol. The SMILES string of the molecule is C=CC1(C)CC(O)C2(C)C3C(=O)CCC3(CCC2(C)OC(=O)CCN2CCN(C(=O)Cn3cnc4c(N5CCC(N)C5)ncnc43)CC2)C(C)C1O. The highest BCUT2D eigenvalue weighted by Crippen LogP contribution is 2.69. The first-order valence-electron chi connectivity index (χ1n) is 19.1. The number of anilines is 1. The number of aliphatic hydroxyl groups is 2. The Morgan fingerprint density at radius 3 is 2.52 bits per heavy atom. The molecule has 0 spiro atoms. The molecule has 4 N–H and O–H groups in total. The van der Waals surface area contributed by atoms with Crippen LogP contribution in [0.1, 0.15) is 72.6 Å². The number of hydrogen-bond acceptors (Lipinski definition) is 12. The third-order valence-electron chi connectivity index (χ3n) is 14.3. The summed E-state index contributed by atoms with van der Waals surface area (Å²) in [6.07, 6.45) is 6.60. The number of ether oxygens (including phenoxy) is 1. The van der Waals surface area contributed by atoms with Crippen LogP contribution < -0.4 is 10.6 Å². The second-order valence-corrected chi connectivity index (χ2v) is 17.0. The minimum absolute atomic E-state index is 0.0233. The van der Waals surface area contributed by atoms with Crippen LogP contribution in [0.4, 0.5) is 5.82 Å². The van der Waals surface area contributed by atoms with E-state index < -0.39 is 40.0 Å². The van der Waals surface area contributed by atoms with Crippen LogP contribution in [0.15, 0.2) is 25.3 Å². The number of carbonyl (C=O) groups is 3. The summed E-state index contributed by atoms with van der Waals surface area (Å²) >= 11 is 0. The molecule has 7 rings (SSSR count). The van der Waals surface area contributed by atoms with Gasteiger partial charge < -0.3 is 35.1 Å². The van der Waals surface area contributed by atoms with Gasteiger partial charge >= 0.3 is 5.97 Å². The van der Waals surface area contributed by atoms with Crippen molar-refractivity contribution >= 4 is 34.6 Å². The molecule has 0 aromatic carbocycles. The maximum atomic E-state index is 13.7. The van der Waals surface area contributed by atoms with Crippen LogP contribution in [0.25, 0.3) is 11.2 Å². The average molecular weight is 721 g/mol. The molecule has 4 heterocycles. The second kappa shape index (κ2) is 13.4. The van der Waals surface area contributed by atoms with E-state index in [1.807, 2.05) is 32.6 Å². The minimum atomic E-state index is -1.07. The number of aliphatic hydroxyl groups excluding tert-OH is 2. The number of nitrogens with two attached hydrogens (primary N) is 1. The molecule has 5 fully saturated rings. The number of rotatable bonds is 8. The fourth-order valence-corrected chi connectivity index (χ4v) is 10.7. The quantitative estimate of drug-likeness (QED) is 0.267. The zero-order valence-electron chi connectivity index (χ0n) is 31.2. The van der Waals surface area contributed by atoms with Crippen molar-refractivity contribution in [3.8, 4) is 0 Å². The standard InChI is InChI=1S/C38H56N8O6/c1-6-35(3)19-27(48)37(5)31-26(47)7-10-38(31,24(2)32(35)51)12-11-36(37,4)52-29(50)9-13-43-15-17-44(18-16-43)28(49)21-46-23-42-30-33(40-22-41-34(30)46)45-14-8-25(39)20-45/h6,22-25,27,31-32,48,51H,1,7-21,39H2,2-5H3. The number of ketones is 1. The molecule has 0 radical (unpaired) electrons. The predicted octanol–water partition coefficient (Wildman–Crippen LogP) is 1.92. The van der Waals surface area contributed by atoms with Crippen LogP contribution in [0.5, 0.6) is 0 Å². The lowest BCUT2D eigenvalue weighted by Gasteiger charge is -2.64. The van der Waals surface area contributed by atoms with Gasteiger partial charge in [-0.05, 0) is 50.4 Å². The van der Waals surface area contributed by atoms with Gasteiger partial charge in [-0.25, -0.2) is 15.0 Å². The summed E-state index contributed by atoms with van der Waals surface area (Å²) in [5, 5.41) is 23.6. The van der Waals surface area contributed by atoms with Crippen molar-refractivity contribution in [3.05, 3.63) is 25.3 Å². The second-order valence-electron chi connectivity index (χ2n) is 17.0. The van der Waals surface area contributed by atoms with E-state index in [4.69, 9.17) is 10.5 Å². The molecule has 2 aliphatic heterocycles. The number of esters is 1. The van der Waals surface area contributed by atoms with Crippen molar-refractivity contribution in [1.29, 1.82) is 0 Å². The summed E-state index contributed by atoms with van der Waals surface area (Å²) in [4.78, 5) is 60.2. The van der Waals surface area contributed by atoms with Gasteiger partial charge in [0.15, 0.2) is 17.0 Å². The largest absolute Gasteiger partial charge is 0.459 e. The molecule has 3 aliphatic carbocycles. The molecule has 2 saturated heterocycles. The van der Waals surface area contributed by atoms with Crippen molar-refractivity contribution in [2.24, 2.45) is 33.8 Å². The highest BCUT2D eigenvalue weighted by atomic mass is 16.6. The Balaban J connectivity index is 0.962. The number of fused-ring (bicyclic) bond motifs is 1. The van der Waals surface area contributed by atoms with Crippen LogP contribution in [0, 0.1) is 28.1 Å². The smallest absolute Gasteiger partial charge is 0.307 e. The van der Waals surface area contributed by atoms with Gasteiger partial charge in [0.1, 0.15) is 24.3 Å². The van der Waals surface area contributed by atoms with Crippen LogP contribution in [0.2, 0.25) is 0 Å². The zero-order valence-corrected chi connectivity index (χ0v) is 31.2. The lowest BCUT2D eigenvalue weighted by atomic mass is 9.42. The number of carbonyl (C=O) groups excluding carboxylic acids is 3. The fourth-order valence-electron chi connectivity index (χ4n) is 10.7. The number of aromatic nitrogens is 4. The molecule has 14 heteroatoms. The van der Waals surface area contributed by atoms with Gasteiger partial charge in [-0.1, -0.05) is 26.8 Å². The molecule has 2 aromatic rings. The van der Waals surface area contributed by atoms with Crippen LogP contribution in [-0.2, 0) is 25.7 Å². The van der Waals surface area contributed by atoms with Crippen molar-refractivity contribution in [2.45, 2.75) is 103 Å². The predicted molar refractivity (Wildman–Crippen MR) is 194 cm³/mol. The maximum absolute atomic E-state index is 13.7. The van der Waals surface area contributed by atoms with Gasteiger partial charge in [-0.15, -0.1) is 6.58 Å². The van der Waals surface area contributed by atoms with Crippen molar-refractivity contribution < 1.29 is 29.3 Å². The average Bonchev–Trinajstić information content (AvgIpc) is 3.85. The summed E-state index contributed by atoms with van der Waals surface area (Å²) in [5.74, 6) is -0.267. The summed E-state index contributed by atoms with van der Waals surface area (Å²) in [7, 11) is 0. The molecule has 52 heavy (non-hydrogen) atoms. The Hall–Kier alpha value is -3.46. The fraction of sp³-hybridized carbons (Fsp3) is 0.737. The van der Waals surface area contributed by atoms with E-state index in [0.717, 1.165) is 18.8 Å². The van der Waals surface area contributed by atoms with Gasteiger partial charge in [0.2, 0.25) is 5.91 Å². The maximum Gasteiger partial charge on any atom is 0.307 e. The van der Waals surface area contributed by atoms with Crippen LogP contribution in [-0.4, -0.2) is 127 Å². The summed E-state index contributed by atoms with van der Waals surface area (Å²) in [5.41, 5.74) is 4.04. The number of Topliss-reactive ketones (excluding diaryl/α,β-unsaturated/α-hetero) is 1. The molecule has 9 unspecified atom stereocenters. The van der Waals surface area contributed by atoms with Gasteiger partial charge in [-0.3, -0.25) is 19.3 Å². The third kappa shape index (κ3) is 5.84. The van der Waals surface area contributed by atoms with Crippen LogP contribution >= 0.6 is 0 Å². The Morgan fingerprint density at radius 1 is 1.08 bits per heavy atom. The van der Waals surface area contributed by atoms with E-state index >= 15 is 0 Å². The molecule has 2 aromatic heterocycles. The molecule has 284 valence electrons. The van der Waals surface area contributed by atoms with E-state index in [2.05, 4.69) is 31.3 Å². The van der Waals surface area contributed by atoms with E-state index in [1.54, 1.807) is 17.0 Å². The minimum Gasteiger partial charge on any atom is -0.459 e. The Morgan fingerprint density at radius 2 is 1.83 bits per heavy atom. The Labute approximate surface area is 305 Å². The molecule has 3 saturated carbocycles. The van der Waals surface area contributed by atoms with E-state index in [9.17, 15) is 24.6 Å². The monoisotopic (exact) mass is 720 g/mol. The highest BCUT2D eigenvalue weighted by Gasteiger charge is 2.72.